The van der Waals surface area contributed by atoms with E-state index in [1.54, 1.807) is 6.92 Å². The lowest BCUT2D eigenvalue weighted by molar-refractivity contribution is -0.115. The predicted octanol–water partition coefficient (Wildman–Crippen LogP) is 2.84. The highest BCUT2D eigenvalue weighted by Gasteiger charge is 2.21. The minimum absolute atomic E-state index is 0.143. The molecule has 0 aromatic heterocycles. The van der Waals surface area contributed by atoms with Crippen molar-refractivity contribution in [1.82, 2.24) is 0 Å². The Labute approximate surface area is 69.8 Å². The normalized spacial score (nSPS) is 17.8. The van der Waals surface area contributed by atoms with Gasteiger partial charge in [-0.15, -0.1) is 0 Å². The SMILES string of the molecule is CCC(=O)C1=C(F)CCC=C1F. The number of carbonyl (C=O) groups is 1. The molecule has 0 atom stereocenters. The lowest BCUT2D eigenvalue weighted by atomic mass is 10.00. The van der Waals surface area contributed by atoms with Crippen LogP contribution in [0, 0.1) is 0 Å². The quantitative estimate of drug-likeness (QED) is 0.625. The van der Waals surface area contributed by atoms with Crippen molar-refractivity contribution >= 4 is 5.78 Å². The molecular weight excluding hydrogens is 162 g/mol. The van der Waals surface area contributed by atoms with Crippen LogP contribution in [0.15, 0.2) is 23.3 Å². The standard InChI is InChI=1S/C9H10F2O/c1-2-8(12)9-6(10)4-3-5-7(9)11/h4H,2-3,5H2,1H3. The van der Waals surface area contributed by atoms with E-state index in [1.807, 2.05) is 0 Å². The summed E-state index contributed by atoms with van der Waals surface area (Å²) in [5.41, 5.74) is -0.344. The Morgan fingerprint density at radius 2 is 2.25 bits per heavy atom. The van der Waals surface area contributed by atoms with E-state index in [-0.39, 0.29) is 18.4 Å². The van der Waals surface area contributed by atoms with E-state index in [4.69, 9.17) is 0 Å². The number of rotatable bonds is 2. The van der Waals surface area contributed by atoms with Gasteiger partial charge in [-0.05, 0) is 12.5 Å². The highest BCUT2D eigenvalue weighted by Crippen LogP contribution is 2.28. The molecule has 0 aromatic rings. The summed E-state index contributed by atoms with van der Waals surface area (Å²) in [5.74, 6) is -1.77. The molecular formula is C9H10F2O. The maximum Gasteiger partial charge on any atom is 0.168 e. The van der Waals surface area contributed by atoms with Gasteiger partial charge in [-0.25, -0.2) is 8.78 Å². The topological polar surface area (TPSA) is 17.1 Å². The number of Topliss-reactive ketones (excluding diaryl/α,β-unsaturated/α-hetero) is 1. The molecule has 0 saturated heterocycles. The minimum atomic E-state index is -0.703. The summed E-state index contributed by atoms with van der Waals surface area (Å²) in [7, 11) is 0. The van der Waals surface area contributed by atoms with Gasteiger partial charge in [0.15, 0.2) is 5.78 Å². The number of hydrogen-bond donors (Lipinski definition) is 0. The van der Waals surface area contributed by atoms with Crippen LogP contribution in [0.4, 0.5) is 8.78 Å². The lowest BCUT2D eigenvalue weighted by Gasteiger charge is -2.09. The van der Waals surface area contributed by atoms with Crippen LogP contribution in [-0.4, -0.2) is 5.78 Å². The zero-order valence-corrected chi connectivity index (χ0v) is 6.86. The summed E-state index contributed by atoms with van der Waals surface area (Å²) in [6.45, 7) is 1.59. The monoisotopic (exact) mass is 172 g/mol. The second kappa shape index (κ2) is 3.61. The molecule has 0 radical (unpaired) electrons. The summed E-state index contributed by atoms with van der Waals surface area (Å²) in [6.07, 6.45) is 1.89. The molecule has 0 amide bonds. The van der Waals surface area contributed by atoms with E-state index in [2.05, 4.69) is 0 Å². The third-order valence-corrected chi connectivity index (χ3v) is 1.80. The Kier molecular flexibility index (Phi) is 2.74. The highest BCUT2D eigenvalue weighted by atomic mass is 19.1. The molecule has 0 heterocycles. The van der Waals surface area contributed by atoms with Crippen molar-refractivity contribution in [2.45, 2.75) is 26.2 Å². The fourth-order valence-corrected chi connectivity index (χ4v) is 1.14. The van der Waals surface area contributed by atoms with E-state index in [0.29, 0.717) is 6.42 Å². The van der Waals surface area contributed by atoms with Crippen LogP contribution in [0.1, 0.15) is 26.2 Å². The van der Waals surface area contributed by atoms with Crippen molar-refractivity contribution in [3.8, 4) is 0 Å². The molecule has 0 N–H and O–H groups in total. The van der Waals surface area contributed by atoms with Crippen molar-refractivity contribution in [2.75, 3.05) is 0 Å². The molecule has 0 unspecified atom stereocenters. The molecule has 0 bridgehead atoms. The Balaban J connectivity index is 2.98. The zero-order valence-electron chi connectivity index (χ0n) is 6.86. The van der Waals surface area contributed by atoms with Crippen molar-refractivity contribution in [3.05, 3.63) is 23.3 Å². The average molecular weight is 172 g/mol. The zero-order chi connectivity index (χ0) is 9.14. The first-order valence-electron chi connectivity index (χ1n) is 3.94. The molecule has 1 aliphatic rings. The lowest BCUT2D eigenvalue weighted by Crippen LogP contribution is -2.06. The van der Waals surface area contributed by atoms with Gasteiger partial charge in [0, 0.05) is 12.8 Å². The van der Waals surface area contributed by atoms with Gasteiger partial charge in [-0.1, -0.05) is 6.92 Å². The summed E-state index contributed by atoms with van der Waals surface area (Å²) < 4.78 is 25.8. The van der Waals surface area contributed by atoms with Gasteiger partial charge in [-0.2, -0.15) is 0 Å². The van der Waals surface area contributed by atoms with Gasteiger partial charge in [0.25, 0.3) is 0 Å². The van der Waals surface area contributed by atoms with Crippen molar-refractivity contribution in [2.24, 2.45) is 0 Å². The largest absolute Gasteiger partial charge is 0.294 e. The van der Waals surface area contributed by atoms with E-state index < -0.39 is 17.4 Å². The van der Waals surface area contributed by atoms with Crippen LogP contribution >= 0.6 is 0 Å². The summed E-state index contributed by atoms with van der Waals surface area (Å²) in [6, 6.07) is 0. The predicted molar refractivity (Wildman–Crippen MR) is 41.9 cm³/mol. The second-order valence-corrected chi connectivity index (χ2v) is 2.65. The molecule has 1 nitrogen and oxygen atoms in total. The first-order chi connectivity index (χ1) is 5.66. The Bertz CT molecular complexity index is 264. The van der Waals surface area contributed by atoms with E-state index in [9.17, 15) is 13.6 Å². The number of ketones is 1. The van der Waals surface area contributed by atoms with Crippen LogP contribution in [0.3, 0.4) is 0 Å². The molecule has 0 aliphatic heterocycles. The third kappa shape index (κ3) is 1.60. The van der Waals surface area contributed by atoms with Crippen LogP contribution in [0.5, 0.6) is 0 Å². The van der Waals surface area contributed by atoms with Gasteiger partial charge in [0.2, 0.25) is 0 Å². The van der Waals surface area contributed by atoms with Crippen molar-refractivity contribution in [3.63, 3.8) is 0 Å². The maximum atomic E-state index is 12.9. The molecule has 1 rings (SSSR count). The molecule has 3 heteroatoms. The molecule has 12 heavy (non-hydrogen) atoms. The van der Waals surface area contributed by atoms with E-state index >= 15 is 0 Å². The fourth-order valence-electron chi connectivity index (χ4n) is 1.14. The second-order valence-electron chi connectivity index (χ2n) is 2.65. The van der Waals surface area contributed by atoms with Crippen LogP contribution < -0.4 is 0 Å². The molecule has 0 fully saturated rings. The third-order valence-electron chi connectivity index (χ3n) is 1.80. The Hall–Kier alpha value is -0.990. The molecule has 66 valence electrons. The molecule has 0 saturated carbocycles. The fraction of sp³-hybridized carbons (Fsp3) is 0.444. The number of hydrogen-bond acceptors (Lipinski definition) is 1. The first kappa shape index (κ1) is 9.10. The summed E-state index contributed by atoms with van der Waals surface area (Å²) in [5, 5.41) is 0. The van der Waals surface area contributed by atoms with Gasteiger partial charge < -0.3 is 0 Å². The average Bonchev–Trinajstić information content (AvgIpc) is 2.03. The van der Waals surface area contributed by atoms with E-state index in [1.165, 1.54) is 6.08 Å². The summed E-state index contributed by atoms with van der Waals surface area (Å²) in [4.78, 5) is 11.0. The van der Waals surface area contributed by atoms with Crippen molar-refractivity contribution < 1.29 is 13.6 Å². The summed E-state index contributed by atoms with van der Waals surface area (Å²) >= 11 is 0. The van der Waals surface area contributed by atoms with E-state index in [0.717, 1.165) is 0 Å². The molecule has 0 spiro atoms. The Morgan fingerprint density at radius 1 is 1.58 bits per heavy atom. The van der Waals surface area contributed by atoms with Gasteiger partial charge in [-0.3, -0.25) is 4.79 Å². The van der Waals surface area contributed by atoms with Crippen LogP contribution in [0.25, 0.3) is 0 Å². The molecule has 0 aromatic carbocycles. The number of allylic oxidation sites excluding steroid dienone is 4. The van der Waals surface area contributed by atoms with Crippen molar-refractivity contribution in [1.29, 1.82) is 0 Å². The minimum Gasteiger partial charge on any atom is -0.294 e. The Morgan fingerprint density at radius 3 is 2.75 bits per heavy atom. The maximum absolute atomic E-state index is 12.9. The van der Waals surface area contributed by atoms with Gasteiger partial charge in [0.05, 0.1) is 5.57 Å². The first-order valence-corrected chi connectivity index (χ1v) is 3.94. The smallest absolute Gasteiger partial charge is 0.168 e. The van der Waals surface area contributed by atoms with Gasteiger partial charge >= 0.3 is 0 Å². The van der Waals surface area contributed by atoms with Gasteiger partial charge in [0.1, 0.15) is 11.7 Å². The highest BCUT2D eigenvalue weighted by molar-refractivity contribution is 5.99. The van der Waals surface area contributed by atoms with Crippen LogP contribution in [-0.2, 0) is 4.79 Å². The van der Waals surface area contributed by atoms with Crippen LogP contribution in [0.2, 0.25) is 0 Å². The number of carbonyl (C=O) groups excluding carboxylic acids is 1. The number of halogens is 2. The molecule has 1 aliphatic carbocycles.